The Kier molecular flexibility index (Phi) is 4.42. The van der Waals surface area contributed by atoms with Crippen molar-refractivity contribution in [1.82, 2.24) is 0 Å². The number of rotatable bonds is 1. The normalized spacial score (nSPS) is 60.0. The molecule has 0 aromatic carbocycles. The second-order valence-corrected chi connectivity index (χ2v) is 21.9. The van der Waals surface area contributed by atoms with Crippen LogP contribution in [0.25, 0.3) is 0 Å². The zero-order valence-electron chi connectivity index (χ0n) is 17.2. The molecule has 0 spiro atoms. The van der Waals surface area contributed by atoms with Crippen molar-refractivity contribution in [2.75, 3.05) is 9.36 Å². The van der Waals surface area contributed by atoms with Gasteiger partial charge in [-0.25, -0.2) is 0 Å². The van der Waals surface area contributed by atoms with E-state index >= 15 is 0 Å². The van der Waals surface area contributed by atoms with E-state index < -0.39 is 18.4 Å². The Morgan fingerprint density at radius 1 is 0.958 bits per heavy atom. The molecule has 142 valence electrons. The topological polar surface area (TPSA) is 0 Å². The van der Waals surface area contributed by atoms with Crippen molar-refractivity contribution in [1.29, 1.82) is 0 Å². The monoisotopic (exact) mass is 445 g/mol. The van der Waals surface area contributed by atoms with E-state index in [4.69, 9.17) is 0 Å². The molecular weight excluding hydrogens is 403 g/mol. The second kappa shape index (κ2) is 5.86. The van der Waals surface area contributed by atoms with E-state index in [9.17, 15) is 0 Å². The van der Waals surface area contributed by atoms with Crippen molar-refractivity contribution in [3.8, 4) is 0 Å². The SMILES string of the molecule is CC1CCC2C3CCC4(C)C(C(C)C)CCC4[I-]3(C)CCC2(C)C1. The number of alkyl halides is 4. The first-order valence-electron chi connectivity index (χ1n) is 10.9. The predicted octanol–water partition coefficient (Wildman–Crippen LogP) is 3.23. The van der Waals surface area contributed by atoms with Gasteiger partial charge in [0.2, 0.25) is 0 Å². The van der Waals surface area contributed by atoms with Crippen LogP contribution in [0.5, 0.6) is 0 Å². The predicted molar refractivity (Wildman–Crippen MR) is 102 cm³/mol. The minimum absolute atomic E-state index is 0.717. The third kappa shape index (κ3) is 2.41. The maximum absolute atomic E-state index is 2.93. The molecule has 24 heavy (non-hydrogen) atoms. The molecule has 0 amide bonds. The van der Waals surface area contributed by atoms with Crippen LogP contribution in [0.3, 0.4) is 0 Å². The van der Waals surface area contributed by atoms with Gasteiger partial charge in [-0.1, -0.05) is 0 Å². The van der Waals surface area contributed by atoms with E-state index in [0.29, 0.717) is 0 Å². The molecule has 4 fully saturated rings. The van der Waals surface area contributed by atoms with Crippen LogP contribution in [0.2, 0.25) is 0 Å². The molecule has 0 radical (unpaired) electrons. The summed E-state index contributed by atoms with van der Waals surface area (Å²) in [5, 5.41) is 0. The summed E-state index contributed by atoms with van der Waals surface area (Å²) >= 11 is -1.65. The third-order valence-corrected chi connectivity index (χ3v) is 23.0. The van der Waals surface area contributed by atoms with Crippen molar-refractivity contribution in [2.24, 2.45) is 34.5 Å². The molecule has 4 aliphatic rings. The third-order valence-electron chi connectivity index (χ3n) is 9.49. The standard InChI is InChI=1S/C23H42I/c1-16(2)18-9-10-21-23(18,5)12-11-20-19-8-7-17(3)15-22(19,4)13-14-24(20,21)6/h16-21H,7-15H2,1-6H3/q-1. The second-order valence-electron chi connectivity index (χ2n) is 11.2. The summed E-state index contributed by atoms with van der Waals surface area (Å²) in [4.78, 5) is 2.93. The fourth-order valence-corrected chi connectivity index (χ4v) is 24.2. The summed E-state index contributed by atoms with van der Waals surface area (Å²) in [6, 6.07) is 0. The summed E-state index contributed by atoms with van der Waals surface area (Å²) in [7, 11) is 0. The Balaban J connectivity index is 1.65. The quantitative estimate of drug-likeness (QED) is 0.430. The number of hydrogen-bond donors (Lipinski definition) is 0. The molecule has 0 bridgehead atoms. The zero-order chi connectivity index (χ0) is 17.3. The van der Waals surface area contributed by atoms with Crippen molar-refractivity contribution in [3.05, 3.63) is 0 Å². The fourth-order valence-electron chi connectivity index (χ4n) is 8.37. The average molecular weight is 445 g/mol. The molecule has 0 nitrogen and oxygen atoms in total. The van der Waals surface area contributed by atoms with Gasteiger partial charge >= 0.3 is 156 Å². The van der Waals surface area contributed by atoms with Gasteiger partial charge in [0.25, 0.3) is 0 Å². The summed E-state index contributed by atoms with van der Waals surface area (Å²) in [5.41, 5.74) is 1.45. The van der Waals surface area contributed by atoms with Crippen LogP contribution in [0.4, 0.5) is 0 Å². The van der Waals surface area contributed by atoms with E-state index in [0.717, 1.165) is 34.5 Å². The summed E-state index contributed by atoms with van der Waals surface area (Å²) < 4.78 is 4.12. The van der Waals surface area contributed by atoms with Crippen molar-refractivity contribution >= 4 is 0 Å². The van der Waals surface area contributed by atoms with Crippen LogP contribution in [-0.4, -0.2) is 17.2 Å². The molecule has 2 saturated carbocycles. The Labute approximate surface area is 155 Å². The number of halogens is 1. The molecule has 0 aromatic heterocycles. The van der Waals surface area contributed by atoms with E-state index in [1.165, 1.54) is 14.3 Å². The Bertz CT molecular complexity index is 498. The van der Waals surface area contributed by atoms with Crippen LogP contribution in [0, 0.1) is 34.5 Å². The zero-order valence-corrected chi connectivity index (χ0v) is 19.4. The average Bonchev–Trinajstić information content (AvgIpc) is 2.85. The molecule has 2 aliphatic heterocycles. The van der Waals surface area contributed by atoms with Crippen LogP contribution in [-0.2, 0) is 0 Å². The van der Waals surface area contributed by atoms with E-state index in [1.54, 1.807) is 49.4 Å². The van der Waals surface area contributed by atoms with E-state index in [-0.39, 0.29) is 0 Å². The summed E-state index contributed by atoms with van der Waals surface area (Å²) in [5.74, 6) is 4.05. The van der Waals surface area contributed by atoms with Crippen molar-refractivity contribution < 1.29 is 18.4 Å². The van der Waals surface area contributed by atoms with Crippen LogP contribution in [0.15, 0.2) is 0 Å². The first-order chi connectivity index (χ1) is 11.2. The van der Waals surface area contributed by atoms with Gasteiger partial charge < -0.3 is 0 Å². The van der Waals surface area contributed by atoms with Gasteiger partial charge in [-0.2, -0.15) is 0 Å². The fraction of sp³-hybridized carbons (Fsp3) is 1.00. The van der Waals surface area contributed by atoms with Gasteiger partial charge in [0.15, 0.2) is 0 Å². The van der Waals surface area contributed by atoms with Crippen LogP contribution >= 0.6 is 0 Å². The Morgan fingerprint density at radius 3 is 2.42 bits per heavy atom. The number of fused-ring (bicyclic) bond motifs is 5. The summed E-state index contributed by atoms with van der Waals surface area (Å²) in [6.45, 7) is 13.0. The van der Waals surface area contributed by atoms with Crippen molar-refractivity contribution in [3.63, 3.8) is 0 Å². The molecular formula is C23H42I-. The van der Waals surface area contributed by atoms with E-state index in [2.05, 4.69) is 39.5 Å². The first-order valence-corrected chi connectivity index (χ1v) is 17.0. The molecule has 1 heteroatoms. The van der Waals surface area contributed by atoms with Gasteiger partial charge in [0.05, 0.1) is 0 Å². The van der Waals surface area contributed by atoms with Gasteiger partial charge in [-0.3, -0.25) is 0 Å². The van der Waals surface area contributed by atoms with Crippen molar-refractivity contribution in [2.45, 2.75) is 93.8 Å². The first kappa shape index (κ1) is 18.1. The molecule has 8 unspecified atom stereocenters. The number of hydrogen-bond acceptors (Lipinski definition) is 0. The molecule has 4 rings (SSSR count). The molecule has 8 atom stereocenters. The van der Waals surface area contributed by atoms with Gasteiger partial charge in [0, 0.05) is 0 Å². The molecule has 0 aromatic rings. The minimum atomic E-state index is -1.65. The Morgan fingerprint density at radius 2 is 1.71 bits per heavy atom. The maximum atomic E-state index is 2.93. The molecule has 2 saturated heterocycles. The van der Waals surface area contributed by atoms with Gasteiger partial charge in [0.1, 0.15) is 0 Å². The molecule has 2 aliphatic carbocycles. The molecule has 0 N–H and O–H groups in total. The van der Waals surface area contributed by atoms with Crippen LogP contribution < -0.4 is 18.4 Å². The van der Waals surface area contributed by atoms with E-state index in [1.807, 2.05) is 0 Å². The molecule has 2 heterocycles. The van der Waals surface area contributed by atoms with Gasteiger partial charge in [-0.05, 0) is 0 Å². The summed E-state index contributed by atoms with van der Waals surface area (Å²) in [6.07, 6.45) is 12.6. The Hall–Kier alpha value is 0.730. The van der Waals surface area contributed by atoms with Crippen LogP contribution in [0.1, 0.15) is 86.0 Å². The van der Waals surface area contributed by atoms with Gasteiger partial charge in [-0.15, -0.1) is 0 Å².